The smallest absolute Gasteiger partial charge is 0.123 e. The van der Waals surface area contributed by atoms with Gasteiger partial charge < -0.3 is 19.6 Å². The molecule has 0 aliphatic rings. The molecule has 0 heterocycles. The van der Waals surface area contributed by atoms with Crippen molar-refractivity contribution in [3.8, 4) is 0 Å². The first-order valence-electron chi connectivity index (χ1n) is 39.2. The number of hydrogen-bond acceptors (Lipinski definition) is 4. The average molecular weight is 1390 g/mol. The van der Waals surface area contributed by atoms with E-state index in [1.165, 1.54) is 44.5 Å². The van der Waals surface area contributed by atoms with Crippen LogP contribution >= 0.6 is 0 Å². The number of nitrogens with zero attached hydrogens (tertiary/aromatic N) is 4. The summed E-state index contributed by atoms with van der Waals surface area (Å²) in [6.45, 7) is 35.1. The summed E-state index contributed by atoms with van der Waals surface area (Å²) in [5.74, 6) is -1.05. The molecule has 4 nitrogen and oxygen atoms in total. The lowest BCUT2D eigenvalue weighted by molar-refractivity contribution is 0.623. The molecular weight excluding hydrogens is 1290 g/mol. The Labute approximate surface area is 617 Å². The third-order valence-corrected chi connectivity index (χ3v) is 22.4. The highest BCUT2D eigenvalue weighted by Gasteiger charge is 2.36. The highest BCUT2D eigenvalue weighted by atomic mass is 19.1. The SMILES string of the molecule is CCc1cccc(CC)c1N(c1c(CC)cc(F)cc1CC)c1cc(N(c2c(CC)cccc2CC)c2c(CC)cc(F)cc2CC)c2ccc3c(N(c4c(CC)cccc4CC)c4c(CC)cc(F)cc4CC)cc(N(c4c(CC)cccc4CC)c4c(CC)cc(F)cc4CC)c4ccc1c2c43. The Bertz CT molecular complexity index is 4340. The molecule has 0 unspecified atom stereocenters. The van der Waals surface area contributed by atoms with Crippen LogP contribution in [0.3, 0.4) is 0 Å². The van der Waals surface area contributed by atoms with E-state index in [0.717, 1.165) is 196 Å². The van der Waals surface area contributed by atoms with Crippen LogP contribution in [-0.4, -0.2) is 0 Å². The molecule has 0 spiro atoms. The van der Waals surface area contributed by atoms with E-state index in [-0.39, 0.29) is 23.3 Å². The van der Waals surface area contributed by atoms with Gasteiger partial charge in [-0.1, -0.05) is 208 Å². The molecule has 538 valence electrons. The molecule has 0 radical (unpaired) electrons. The second-order valence-electron chi connectivity index (χ2n) is 27.9. The minimum absolute atomic E-state index is 0.263. The Morgan fingerprint density at radius 1 is 0.183 bits per heavy atom. The summed E-state index contributed by atoms with van der Waals surface area (Å²) in [5.41, 5.74) is 28.4. The Balaban J connectivity index is 1.47. The van der Waals surface area contributed by atoms with Crippen molar-refractivity contribution in [3.63, 3.8) is 0 Å². The quantitative estimate of drug-likeness (QED) is 0.0358. The number of hydrogen-bond donors (Lipinski definition) is 0. The van der Waals surface area contributed by atoms with Gasteiger partial charge in [-0.05, 0) is 252 Å². The number of rotatable bonds is 28. The zero-order valence-corrected chi connectivity index (χ0v) is 64.6. The monoisotopic (exact) mass is 1390 g/mol. The molecule has 0 aliphatic carbocycles. The Morgan fingerprint density at radius 3 is 0.452 bits per heavy atom. The van der Waals surface area contributed by atoms with Crippen molar-refractivity contribution >= 4 is 101 Å². The summed E-state index contributed by atoms with van der Waals surface area (Å²) in [4.78, 5) is 10.2. The summed E-state index contributed by atoms with van der Waals surface area (Å²) in [6.07, 6.45) is 10.4. The lowest BCUT2D eigenvalue weighted by Gasteiger charge is -2.39. The summed E-state index contributed by atoms with van der Waals surface area (Å²) < 4.78 is 67.0. The molecule has 12 aromatic rings. The maximum Gasteiger partial charge on any atom is 0.123 e. The van der Waals surface area contributed by atoms with Crippen LogP contribution in [0.15, 0.2) is 158 Å². The minimum atomic E-state index is -0.263. The fourth-order valence-corrected chi connectivity index (χ4v) is 17.3. The van der Waals surface area contributed by atoms with E-state index in [4.69, 9.17) is 0 Å². The zero-order valence-electron chi connectivity index (χ0n) is 64.6. The molecule has 12 aromatic carbocycles. The van der Waals surface area contributed by atoms with Gasteiger partial charge in [0.1, 0.15) is 23.3 Å². The third kappa shape index (κ3) is 13.0. The second-order valence-corrected chi connectivity index (χ2v) is 27.9. The Morgan fingerprint density at radius 2 is 0.317 bits per heavy atom. The van der Waals surface area contributed by atoms with Crippen LogP contribution in [0, 0.1) is 23.3 Å². The molecule has 0 bridgehead atoms. The number of anilines is 12. The molecule has 0 N–H and O–H groups in total. The number of aryl methyl sites for hydroxylation is 16. The molecule has 0 fully saturated rings. The van der Waals surface area contributed by atoms with E-state index in [0.29, 0.717) is 51.4 Å². The normalized spacial score (nSPS) is 11.7. The maximum absolute atomic E-state index is 16.7. The molecule has 0 aliphatic heterocycles. The summed E-state index contributed by atoms with van der Waals surface area (Å²) in [5, 5.41) is 6.03. The van der Waals surface area contributed by atoms with Crippen LogP contribution in [0.5, 0.6) is 0 Å². The summed E-state index contributed by atoms with van der Waals surface area (Å²) >= 11 is 0. The number of benzene rings is 12. The first-order chi connectivity index (χ1) is 50.6. The molecule has 104 heavy (non-hydrogen) atoms. The van der Waals surface area contributed by atoms with E-state index in [2.05, 4.69) is 240 Å². The first kappa shape index (κ1) is 74.3. The van der Waals surface area contributed by atoms with Crippen LogP contribution in [0.1, 0.15) is 200 Å². The fraction of sp³-hybridized carbons (Fsp3) is 0.333. The maximum atomic E-state index is 16.7. The average Bonchev–Trinajstić information content (AvgIpc) is 0.694. The van der Waals surface area contributed by atoms with E-state index in [1.807, 2.05) is 0 Å². The largest absolute Gasteiger partial charge is 0.309 e. The molecule has 0 atom stereocenters. The fourth-order valence-electron chi connectivity index (χ4n) is 17.3. The van der Waals surface area contributed by atoms with E-state index in [1.54, 1.807) is 48.5 Å². The Kier molecular flexibility index (Phi) is 22.8. The molecule has 8 heteroatoms. The lowest BCUT2D eigenvalue weighted by atomic mass is 9.87. The van der Waals surface area contributed by atoms with E-state index in [9.17, 15) is 0 Å². The predicted molar refractivity (Wildman–Crippen MR) is 439 cm³/mol. The van der Waals surface area contributed by atoms with Gasteiger partial charge in [0.2, 0.25) is 0 Å². The molecule has 0 amide bonds. The summed E-state index contributed by atoms with van der Waals surface area (Å²) in [6, 6.07) is 55.3. The molecular formula is C96H106F4N4. The highest BCUT2D eigenvalue weighted by Crippen LogP contribution is 2.59. The predicted octanol–water partition coefficient (Wildman–Crippen LogP) is 28.0. The van der Waals surface area contributed by atoms with Gasteiger partial charge in [0.05, 0.1) is 68.2 Å². The first-order valence-corrected chi connectivity index (χ1v) is 39.2. The van der Waals surface area contributed by atoms with Gasteiger partial charge in [-0.15, -0.1) is 0 Å². The van der Waals surface area contributed by atoms with Gasteiger partial charge in [0.25, 0.3) is 0 Å². The van der Waals surface area contributed by atoms with Gasteiger partial charge in [0.15, 0.2) is 0 Å². The van der Waals surface area contributed by atoms with Crippen LogP contribution in [0.4, 0.5) is 85.8 Å². The molecule has 12 rings (SSSR count). The highest BCUT2D eigenvalue weighted by molar-refractivity contribution is 6.33. The number of halogens is 4. The standard InChI is InChI=1S/C96H106F4N4/c1-17-59-37-33-38-60(18-2)89(59)101(93-67(25-9)49-75(97)50-68(93)26-10)83-57-84(102(90-61(19-3)39-34-40-62(90)20-4)94-69(27-11)51-76(98)52-70(94)28-12)80-47-48-82-86(104(92-65(23-7)43-36-44-66(92)24-8)96-73(31-15)55-78(100)56-74(96)32-16)58-85(81-46-45-79(83)87(80)88(81)82)103(91-63(21-5)41-35-42-64(91)22-6)95-71(29-13)53-77(99)54-72(95)30-14/h33-58H,17-32H2,1-16H3. The lowest BCUT2D eigenvalue weighted by Crippen LogP contribution is -2.22. The van der Waals surface area contributed by atoms with Crippen molar-refractivity contribution < 1.29 is 17.6 Å². The van der Waals surface area contributed by atoms with Gasteiger partial charge in [-0.25, -0.2) is 17.6 Å². The number of para-hydroxylation sites is 4. The van der Waals surface area contributed by atoms with E-state index >= 15 is 17.6 Å². The van der Waals surface area contributed by atoms with Crippen molar-refractivity contribution in [2.45, 2.75) is 214 Å². The van der Waals surface area contributed by atoms with Crippen molar-refractivity contribution in [2.24, 2.45) is 0 Å². The molecule has 0 aromatic heterocycles. The Hall–Kier alpha value is -9.40. The van der Waals surface area contributed by atoms with Gasteiger partial charge >= 0.3 is 0 Å². The molecule has 0 saturated carbocycles. The van der Waals surface area contributed by atoms with Crippen LogP contribution in [0.25, 0.3) is 32.3 Å². The minimum Gasteiger partial charge on any atom is -0.309 e. The van der Waals surface area contributed by atoms with Crippen LogP contribution < -0.4 is 19.6 Å². The van der Waals surface area contributed by atoms with Crippen LogP contribution in [-0.2, 0) is 103 Å². The van der Waals surface area contributed by atoms with Crippen molar-refractivity contribution in [2.75, 3.05) is 19.6 Å². The van der Waals surface area contributed by atoms with E-state index < -0.39 is 0 Å². The topological polar surface area (TPSA) is 13.0 Å². The zero-order chi connectivity index (χ0) is 73.9. The van der Waals surface area contributed by atoms with Gasteiger partial charge in [0, 0.05) is 32.3 Å². The third-order valence-electron chi connectivity index (χ3n) is 22.4. The van der Waals surface area contributed by atoms with Gasteiger partial charge in [-0.2, -0.15) is 0 Å². The second kappa shape index (κ2) is 31.9. The van der Waals surface area contributed by atoms with Crippen molar-refractivity contribution in [3.05, 3.63) is 270 Å². The van der Waals surface area contributed by atoms with Gasteiger partial charge in [-0.3, -0.25) is 0 Å². The van der Waals surface area contributed by atoms with Crippen molar-refractivity contribution in [1.29, 1.82) is 0 Å². The van der Waals surface area contributed by atoms with Crippen molar-refractivity contribution in [1.82, 2.24) is 0 Å². The molecule has 0 saturated heterocycles. The summed E-state index contributed by atoms with van der Waals surface area (Å²) in [7, 11) is 0. The van der Waals surface area contributed by atoms with Crippen LogP contribution in [0.2, 0.25) is 0 Å².